The summed E-state index contributed by atoms with van der Waals surface area (Å²) in [6.45, 7) is 0.179. The Balaban J connectivity index is 1.37. The molecule has 0 bridgehead atoms. The third kappa shape index (κ3) is 4.96. The molecule has 3 aromatic carbocycles. The van der Waals surface area contributed by atoms with Gasteiger partial charge in [0.05, 0.1) is 11.1 Å². The molecular weight excluding hydrogens is 442 g/mol. The van der Waals surface area contributed by atoms with Crippen molar-refractivity contribution in [2.24, 2.45) is 5.10 Å². The maximum absolute atomic E-state index is 12.4. The van der Waals surface area contributed by atoms with Gasteiger partial charge in [-0.25, -0.2) is 13.8 Å². The molecule has 2 N–H and O–H groups in total. The predicted molar refractivity (Wildman–Crippen MR) is 116 cm³/mol. The molecular formula is C21H16ClN3O5S. The molecule has 1 amide bonds. The highest BCUT2D eigenvalue weighted by molar-refractivity contribution is 7.92. The fourth-order valence-corrected chi connectivity index (χ4v) is 3.93. The van der Waals surface area contributed by atoms with Crippen LogP contribution in [0.5, 0.6) is 11.5 Å². The monoisotopic (exact) mass is 457 g/mol. The predicted octanol–water partition coefficient (Wildman–Crippen LogP) is 3.63. The first-order valence-corrected chi connectivity index (χ1v) is 10.9. The van der Waals surface area contributed by atoms with Crippen molar-refractivity contribution in [1.82, 2.24) is 5.43 Å². The molecule has 4 rings (SSSR count). The molecule has 0 saturated carbocycles. The lowest BCUT2D eigenvalue weighted by Crippen LogP contribution is -2.18. The first kappa shape index (κ1) is 20.7. The Bertz CT molecular complexity index is 1240. The van der Waals surface area contributed by atoms with E-state index in [1.165, 1.54) is 54.7 Å². The largest absolute Gasteiger partial charge is 0.454 e. The number of sulfonamides is 1. The van der Waals surface area contributed by atoms with E-state index >= 15 is 0 Å². The highest BCUT2D eigenvalue weighted by Crippen LogP contribution is 2.32. The molecule has 158 valence electrons. The van der Waals surface area contributed by atoms with E-state index < -0.39 is 15.9 Å². The summed E-state index contributed by atoms with van der Waals surface area (Å²) in [6, 6.07) is 17.1. The van der Waals surface area contributed by atoms with Crippen LogP contribution < -0.4 is 19.6 Å². The molecule has 10 heteroatoms. The highest BCUT2D eigenvalue weighted by atomic mass is 35.5. The number of rotatable bonds is 6. The number of benzene rings is 3. The van der Waals surface area contributed by atoms with E-state index in [1.54, 1.807) is 18.2 Å². The number of halogens is 1. The Kier molecular flexibility index (Phi) is 5.79. The first-order valence-electron chi connectivity index (χ1n) is 9.02. The summed E-state index contributed by atoms with van der Waals surface area (Å²) in [5.41, 5.74) is 3.79. The van der Waals surface area contributed by atoms with Crippen molar-refractivity contribution in [2.75, 3.05) is 11.5 Å². The average molecular weight is 458 g/mol. The first-order chi connectivity index (χ1) is 14.9. The molecule has 1 aliphatic rings. The van der Waals surface area contributed by atoms with Crippen molar-refractivity contribution in [1.29, 1.82) is 0 Å². The molecule has 0 aliphatic carbocycles. The zero-order valence-electron chi connectivity index (χ0n) is 15.9. The number of fused-ring (bicyclic) bond motifs is 1. The van der Waals surface area contributed by atoms with Crippen LogP contribution in [0.3, 0.4) is 0 Å². The summed E-state index contributed by atoms with van der Waals surface area (Å²) in [5, 5.41) is 4.37. The molecule has 0 atom stereocenters. The molecule has 0 fully saturated rings. The van der Waals surface area contributed by atoms with Gasteiger partial charge >= 0.3 is 0 Å². The molecule has 0 aromatic heterocycles. The fraction of sp³-hybridized carbons (Fsp3) is 0.0476. The maximum atomic E-state index is 12.4. The number of hydrogen-bond donors (Lipinski definition) is 2. The topological polar surface area (TPSA) is 106 Å². The Labute approximate surface area is 183 Å². The van der Waals surface area contributed by atoms with Crippen molar-refractivity contribution < 1.29 is 22.7 Å². The van der Waals surface area contributed by atoms with Gasteiger partial charge in [0.2, 0.25) is 6.79 Å². The van der Waals surface area contributed by atoms with Crippen molar-refractivity contribution in [3.05, 3.63) is 82.9 Å². The van der Waals surface area contributed by atoms with Gasteiger partial charge in [0.15, 0.2) is 11.5 Å². The quantitative estimate of drug-likeness (QED) is 0.434. The van der Waals surface area contributed by atoms with Gasteiger partial charge in [-0.15, -0.1) is 0 Å². The van der Waals surface area contributed by atoms with Crippen molar-refractivity contribution >= 4 is 39.4 Å². The average Bonchev–Trinajstić information content (AvgIpc) is 3.22. The van der Waals surface area contributed by atoms with Crippen LogP contribution >= 0.6 is 11.6 Å². The second-order valence-electron chi connectivity index (χ2n) is 6.45. The number of nitrogens with one attached hydrogen (secondary N) is 2. The van der Waals surface area contributed by atoms with E-state index in [4.69, 9.17) is 21.1 Å². The zero-order chi connectivity index (χ0) is 21.8. The summed E-state index contributed by atoms with van der Waals surface area (Å²) in [7, 11) is -3.76. The molecule has 0 unspecified atom stereocenters. The minimum Gasteiger partial charge on any atom is -0.454 e. The van der Waals surface area contributed by atoms with E-state index in [9.17, 15) is 13.2 Å². The van der Waals surface area contributed by atoms with Crippen LogP contribution in [-0.4, -0.2) is 27.3 Å². The Morgan fingerprint density at radius 2 is 1.68 bits per heavy atom. The molecule has 3 aromatic rings. The van der Waals surface area contributed by atoms with E-state index in [0.717, 1.165) is 5.56 Å². The summed E-state index contributed by atoms with van der Waals surface area (Å²) < 4.78 is 37.8. The van der Waals surface area contributed by atoms with Crippen LogP contribution in [0.15, 0.2) is 76.7 Å². The Morgan fingerprint density at radius 1 is 0.968 bits per heavy atom. The number of ether oxygens (including phenoxy) is 2. The highest BCUT2D eigenvalue weighted by Gasteiger charge is 2.15. The zero-order valence-corrected chi connectivity index (χ0v) is 17.5. The van der Waals surface area contributed by atoms with Gasteiger partial charge in [-0.1, -0.05) is 11.6 Å². The number of amides is 1. The minimum absolute atomic E-state index is 0.0802. The summed E-state index contributed by atoms with van der Waals surface area (Å²) >= 11 is 5.79. The molecule has 0 spiro atoms. The fourth-order valence-electron chi connectivity index (χ4n) is 2.74. The lowest BCUT2D eigenvalue weighted by atomic mass is 10.2. The Hall–Kier alpha value is -3.56. The summed E-state index contributed by atoms with van der Waals surface area (Å²) in [5.74, 6) is 0.837. The Morgan fingerprint density at radius 3 is 2.42 bits per heavy atom. The van der Waals surface area contributed by atoms with Crippen LogP contribution in [-0.2, 0) is 10.0 Å². The van der Waals surface area contributed by atoms with Gasteiger partial charge in [-0.3, -0.25) is 9.52 Å². The molecule has 0 saturated heterocycles. The summed E-state index contributed by atoms with van der Waals surface area (Å²) in [4.78, 5) is 12.3. The summed E-state index contributed by atoms with van der Waals surface area (Å²) in [6.07, 6.45) is 1.48. The van der Waals surface area contributed by atoms with Gasteiger partial charge in [0.1, 0.15) is 0 Å². The second kappa shape index (κ2) is 8.66. The molecule has 1 heterocycles. The van der Waals surface area contributed by atoms with Crippen LogP contribution in [0.2, 0.25) is 5.02 Å². The van der Waals surface area contributed by atoms with Gasteiger partial charge < -0.3 is 9.47 Å². The third-order valence-electron chi connectivity index (χ3n) is 4.30. The molecule has 31 heavy (non-hydrogen) atoms. The van der Waals surface area contributed by atoms with Crippen LogP contribution in [0.25, 0.3) is 0 Å². The lowest BCUT2D eigenvalue weighted by Gasteiger charge is -2.08. The molecule has 0 radical (unpaired) electrons. The van der Waals surface area contributed by atoms with Crippen molar-refractivity contribution in [2.45, 2.75) is 4.90 Å². The van der Waals surface area contributed by atoms with Crippen molar-refractivity contribution in [3.8, 4) is 11.5 Å². The van der Waals surface area contributed by atoms with Gasteiger partial charge in [0.25, 0.3) is 15.9 Å². The SMILES string of the molecule is O=C(NN=Cc1ccc2c(c1)OCO2)c1ccc(NS(=O)(=O)c2ccc(Cl)cc2)cc1. The van der Waals surface area contributed by atoms with Crippen LogP contribution in [0.1, 0.15) is 15.9 Å². The van der Waals surface area contributed by atoms with E-state index in [0.29, 0.717) is 27.8 Å². The normalized spacial score (nSPS) is 12.7. The number of hydrazone groups is 1. The lowest BCUT2D eigenvalue weighted by molar-refractivity contribution is 0.0955. The van der Waals surface area contributed by atoms with Gasteiger partial charge in [-0.05, 0) is 72.3 Å². The van der Waals surface area contributed by atoms with Gasteiger partial charge in [-0.2, -0.15) is 5.10 Å². The van der Waals surface area contributed by atoms with Crippen LogP contribution in [0.4, 0.5) is 5.69 Å². The number of nitrogens with zero attached hydrogens (tertiary/aromatic N) is 1. The second-order valence-corrected chi connectivity index (χ2v) is 8.57. The maximum Gasteiger partial charge on any atom is 0.271 e. The molecule has 8 nitrogen and oxygen atoms in total. The third-order valence-corrected chi connectivity index (χ3v) is 5.95. The van der Waals surface area contributed by atoms with Crippen molar-refractivity contribution in [3.63, 3.8) is 0 Å². The number of hydrogen-bond acceptors (Lipinski definition) is 6. The van der Waals surface area contributed by atoms with Crippen LogP contribution in [0, 0.1) is 0 Å². The smallest absolute Gasteiger partial charge is 0.271 e. The van der Waals surface area contributed by atoms with E-state index in [2.05, 4.69) is 15.2 Å². The number of carbonyl (C=O) groups is 1. The standard InChI is InChI=1S/C21H16ClN3O5S/c22-16-4-8-18(9-5-16)31(27,28)25-17-6-2-15(3-7-17)21(26)24-23-12-14-1-10-19-20(11-14)30-13-29-19/h1-12,25H,13H2,(H,24,26). The number of carbonyl (C=O) groups excluding carboxylic acids is 1. The number of anilines is 1. The molecule has 1 aliphatic heterocycles. The van der Waals surface area contributed by atoms with Gasteiger partial charge in [0, 0.05) is 16.3 Å². The van der Waals surface area contributed by atoms with E-state index in [-0.39, 0.29) is 11.7 Å². The minimum atomic E-state index is -3.76. The van der Waals surface area contributed by atoms with E-state index in [1.807, 2.05) is 0 Å².